The number of hydrogen-bond acceptors (Lipinski definition) is 26. The van der Waals surface area contributed by atoms with Crippen molar-refractivity contribution in [3.63, 3.8) is 0 Å². The minimum absolute atomic E-state index is 0.0422. The molecule has 0 saturated carbocycles. The van der Waals surface area contributed by atoms with E-state index in [1.54, 1.807) is 32.4 Å². The summed E-state index contributed by atoms with van der Waals surface area (Å²) in [5, 5.41) is 99.9. The first-order valence-electron chi connectivity index (χ1n) is 50.5. The molecule has 3 saturated heterocycles. The van der Waals surface area contributed by atoms with Gasteiger partial charge in [-0.2, -0.15) is 0 Å². The van der Waals surface area contributed by atoms with Crippen LogP contribution in [-0.4, -0.2) is 229 Å². The number of benzene rings is 5. The Bertz CT molecular complexity index is 7050. The van der Waals surface area contributed by atoms with E-state index >= 15 is 0 Å². The molecule has 13 heterocycles. The summed E-state index contributed by atoms with van der Waals surface area (Å²) < 4.78 is 44.9. The summed E-state index contributed by atoms with van der Waals surface area (Å²) in [7, 11) is 0. The van der Waals surface area contributed by atoms with Crippen molar-refractivity contribution in [2.45, 2.75) is 382 Å². The molecule has 1 amide bonds. The van der Waals surface area contributed by atoms with E-state index in [2.05, 4.69) is 119 Å². The number of amides is 1. The van der Waals surface area contributed by atoms with Crippen LogP contribution in [-0.2, 0) is 124 Å². The first-order chi connectivity index (χ1) is 67.8. The van der Waals surface area contributed by atoms with E-state index in [4.69, 9.17) is 38.6 Å². The Balaban J connectivity index is 0.000000149. The molecule has 36 heteroatoms. The molecular weight excluding hydrogens is 1940 g/mol. The van der Waals surface area contributed by atoms with Crippen LogP contribution in [0.3, 0.4) is 0 Å². The van der Waals surface area contributed by atoms with Crippen LogP contribution in [0.4, 0.5) is 5.69 Å². The normalized spacial score (nSPS) is 21.7. The van der Waals surface area contributed by atoms with Crippen LogP contribution in [0.15, 0.2) is 93.0 Å². The van der Waals surface area contributed by atoms with Crippen molar-refractivity contribution in [2.75, 3.05) is 49.8 Å². The molecule has 9 aromatic rings. The van der Waals surface area contributed by atoms with Gasteiger partial charge in [-0.05, 0) is 283 Å². The third-order valence-corrected chi connectivity index (χ3v) is 31.7. The highest BCUT2D eigenvalue weighted by Gasteiger charge is 2.46. The van der Waals surface area contributed by atoms with Gasteiger partial charge in [-0.1, -0.05) is 116 Å². The maximum atomic E-state index is 13.0. The highest BCUT2D eigenvalue weighted by molar-refractivity contribution is 9.09. The van der Waals surface area contributed by atoms with Gasteiger partial charge in [0.2, 0.25) is 5.78 Å². The SMILES string of the molecule is CC1(C)OC[C@H](/C=C/CBr)O1.Cc1cc2c3c(c1C)C(C)(C)CCN3C(=O)C(=O)C2.Cc1cc2c3c(c1C)C(C)(C)CCn3c(=O)c(=O)n2C/C=C/[C@H]1COC(C)(C)O1.Cc1cc2c3c(c1C)C(C)(C)CCn3c(=O)c(=O)n2C[C@@H](O)[C@H](O)[C@H](O)CO.Cc1cc2c3c(c1C)C(C)(C)CCn3c(=O)c(=O)n2C[C@@H](O)[C@H](O)[C@H]1COC(C)(C)O1.Cc1cc2c3c(c1C)C(C)(C)CCn3c(=O)c(=O)n2C[C@H](O)[C@@H](O)[C@H](O)CO. The molecule has 0 aliphatic carbocycles. The maximum Gasteiger partial charge on any atom is 0.317 e. The van der Waals surface area contributed by atoms with Crippen molar-refractivity contribution in [1.82, 2.24) is 36.5 Å². The second-order valence-corrected chi connectivity index (χ2v) is 46.1. The molecule has 5 aromatic carbocycles. The average Bonchev–Trinajstić information content (AvgIpc) is 0.939. The average molecular weight is 2090 g/mol. The number of aliphatic hydroxyl groups excluding tert-OH is 10. The number of nitrogens with zero attached hydrogens (tertiary/aromatic N) is 9. The van der Waals surface area contributed by atoms with Gasteiger partial charge in [-0.3, -0.25) is 66.2 Å². The van der Waals surface area contributed by atoms with Crippen molar-refractivity contribution in [2.24, 2.45) is 0 Å². The third kappa shape index (κ3) is 22.0. The molecule has 0 spiro atoms. The summed E-state index contributed by atoms with van der Waals surface area (Å²) in [6.45, 7) is 54.7. The van der Waals surface area contributed by atoms with E-state index in [0.717, 1.165) is 121 Å². The van der Waals surface area contributed by atoms with Crippen molar-refractivity contribution in [3.8, 4) is 0 Å². The Kier molecular flexibility index (Phi) is 33.1. The minimum Gasteiger partial charge on any atom is -0.394 e. The van der Waals surface area contributed by atoms with Crippen molar-refractivity contribution >= 4 is 77.4 Å². The number of carbonyl (C=O) groups is 2. The number of rotatable bonds is 19. The van der Waals surface area contributed by atoms with Crippen LogP contribution in [0.1, 0.15) is 232 Å². The van der Waals surface area contributed by atoms with Crippen molar-refractivity contribution in [3.05, 3.63) is 226 Å². The van der Waals surface area contributed by atoms with E-state index in [9.17, 15) is 88.8 Å². The van der Waals surface area contributed by atoms with Crippen LogP contribution in [0.5, 0.6) is 0 Å². The smallest absolute Gasteiger partial charge is 0.317 e. The second-order valence-electron chi connectivity index (χ2n) is 45.4. The first kappa shape index (κ1) is 113. The zero-order valence-corrected chi connectivity index (χ0v) is 90.9. The van der Waals surface area contributed by atoms with Crippen LogP contribution in [0.2, 0.25) is 0 Å². The topological polar surface area (TPSA) is 471 Å². The zero-order valence-electron chi connectivity index (χ0n) is 89.3. The van der Waals surface area contributed by atoms with Gasteiger partial charge in [-0.25, -0.2) is 0 Å². The number of ketones is 1. The number of ether oxygens (including phenoxy) is 6. The summed E-state index contributed by atoms with van der Waals surface area (Å²) in [6, 6.07) is 9.64. The summed E-state index contributed by atoms with van der Waals surface area (Å²) in [5.74, 6) is -2.44. The summed E-state index contributed by atoms with van der Waals surface area (Å²) in [6.07, 6.45) is -0.676. The largest absolute Gasteiger partial charge is 0.394 e. The standard InChI is InChI=1S/C23H32N2O6.C23H30N2O4.2C20H28N2O6.C16H19NO2.C8H13BrO2/c1-12-9-14-18-17(13(12)2)22(3,4)7-8-24(18)20(28)21(29)25(14)10-15(26)19(27)16-11-30-23(5,6)31-16;1-14-12-17-19-18(15(14)2)22(3,4)9-11-25(19)21(27)20(26)24(17)10-7-8-16-13-28-23(5,6)29-16;2*1-10-7-12-16-15(11(10)2)20(3,4)5-6-21(16)18(27)19(28)22(12)8-13(24)17(26)14(25)9-23;1-9-7-11-8-12(18)15(19)17-6-5-16(3,4)13(10(9)2)14(11)17;1-8(2)10-6-7(11-8)4-3-5-9/h9,15-16,19,26-27H,7-8,10-11H2,1-6H3;7-8,12,16H,9-11,13H2,1-6H3;2*7,13-14,17,23-26H,5-6,8-9H2,1-4H3;7H,5-6,8H2,1-4H3;3-4,7H,5-6H2,1-2H3/b;8-7+;;;;4-3+/t15-,16-,19+;16-;13-,14+,17+;13-,14-,17+;;7-/m1001.0/s1. The number of allylic oxidation sites excluding steroid dienone is 2. The van der Waals surface area contributed by atoms with Crippen LogP contribution in [0.25, 0.3) is 44.1 Å². The van der Waals surface area contributed by atoms with E-state index in [1.807, 2.05) is 118 Å². The molecule has 146 heavy (non-hydrogen) atoms. The lowest BCUT2D eigenvalue weighted by Crippen LogP contribution is -2.48. The Labute approximate surface area is 857 Å². The Morgan fingerprint density at radius 1 is 0.363 bits per heavy atom. The number of Topliss-reactive ketones (excluding diaryl/α,β-unsaturated/α-hetero) is 1. The molecule has 9 aliphatic heterocycles. The molecule has 0 radical (unpaired) electrons. The monoisotopic (exact) mass is 2090 g/mol. The summed E-state index contributed by atoms with van der Waals surface area (Å²) >= 11 is 3.30. The van der Waals surface area contributed by atoms with E-state index in [1.165, 1.54) is 50.7 Å². The van der Waals surface area contributed by atoms with Gasteiger partial charge >= 0.3 is 44.5 Å². The quantitative estimate of drug-likeness (QED) is 0.0207. The first-order valence-corrected chi connectivity index (χ1v) is 51.6. The number of hydrogen-bond donors (Lipinski definition) is 10. The van der Waals surface area contributed by atoms with E-state index in [0.29, 0.717) is 80.1 Å². The predicted octanol–water partition coefficient (Wildman–Crippen LogP) is 8.11. The summed E-state index contributed by atoms with van der Waals surface area (Å²) in [4.78, 5) is 129. The van der Waals surface area contributed by atoms with E-state index in [-0.39, 0.29) is 83.6 Å². The number of aromatic nitrogens is 8. The molecule has 0 bridgehead atoms. The molecule has 18 rings (SSSR count). The predicted molar refractivity (Wildman–Crippen MR) is 562 cm³/mol. The lowest BCUT2D eigenvalue weighted by atomic mass is 9.72. The molecule has 4 aromatic heterocycles. The highest BCUT2D eigenvalue weighted by atomic mass is 79.9. The lowest BCUT2D eigenvalue weighted by Gasteiger charge is -2.43. The van der Waals surface area contributed by atoms with Crippen molar-refractivity contribution in [1.29, 1.82) is 0 Å². The van der Waals surface area contributed by atoms with Crippen LogP contribution < -0.4 is 49.4 Å². The molecular formula is C110H150BrN9O26. The number of aliphatic hydroxyl groups is 10. The molecule has 0 unspecified atom stereocenters. The fraction of sp³-hybridized carbons (Fsp3) is 0.600. The number of carbonyl (C=O) groups excluding carboxylic acids is 2. The van der Waals surface area contributed by atoms with Gasteiger partial charge in [0.1, 0.15) is 67.1 Å². The van der Waals surface area contributed by atoms with Crippen LogP contribution in [0, 0.1) is 69.2 Å². The Morgan fingerprint density at radius 3 is 0.979 bits per heavy atom. The Hall–Kier alpha value is -9.68. The van der Waals surface area contributed by atoms with Gasteiger partial charge in [0.05, 0.1) is 102 Å². The molecule has 11 atom stereocenters. The minimum atomic E-state index is -1.65. The van der Waals surface area contributed by atoms with Crippen molar-refractivity contribution < 1.29 is 89.1 Å². The number of anilines is 1. The summed E-state index contributed by atoms with van der Waals surface area (Å²) in [5.41, 5.74) is 18.4. The fourth-order valence-electron chi connectivity index (χ4n) is 22.5. The third-order valence-electron chi connectivity index (χ3n) is 31.3. The number of alkyl halides is 1. The molecule has 9 aliphatic rings. The lowest BCUT2D eigenvalue weighted by molar-refractivity contribution is -0.161. The van der Waals surface area contributed by atoms with Gasteiger partial charge in [0.15, 0.2) is 17.4 Å². The zero-order chi connectivity index (χ0) is 108. The Morgan fingerprint density at radius 2 is 0.658 bits per heavy atom. The fourth-order valence-corrected chi connectivity index (χ4v) is 22.8. The number of aryl methyl sites for hydroxylation is 9. The number of halogens is 1. The highest BCUT2D eigenvalue weighted by Crippen LogP contribution is 2.49. The van der Waals surface area contributed by atoms with Crippen LogP contribution >= 0.6 is 15.9 Å². The van der Waals surface area contributed by atoms with Gasteiger partial charge in [0.25, 0.3) is 5.91 Å². The van der Waals surface area contributed by atoms with Gasteiger partial charge in [-0.15, -0.1) is 0 Å². The second kappa shape index (κ2) is 42.6. The van der Waals surface area contributed by atoms with Gasteiger partial charge < -0.3 is 103 Å². The molecule has 798 valence electrons. The molecule has 3 fully saturated rings. The van der Waals surface area contributed by atoms with Gasteiger partial charge in [0, 0.05) is 51.0 Å². The molecule has 10 N–H and O–H groups in total. The molecule has 35 nitrogen and oxygen atoms in total. The maximum absolute atomic E-state index is 13.0. The van der Waals surface area contributed by atoms with E-state index < -0.39 is 130 Å².